The molecule has 0 bridgehead atoms. The fourth-order valence-electron chi connectivity index (χ4n) is 1.76. The molecule has 1 heterocycles. The molecule has 0 amide bonds. The second kappa shape index (κ2) is 6.07. The number of hydrogen-bond donors (Lipinski definition) is 1. The Hall–Kier alpha value is -2.18. The standard InChI is InChI=1S/C14H16F3N3O/c1-10(2)20-9-11(8-19-20)7-18-12-4-3-5-13(6-12)21-14(15,16)17/h3-6,8-10,18H,7H2,1-2H3. The van der Waals surface area contributed by atoms with Crippen LogP contribution in [0.25, 0.3) is 0 Å². The summed E-state index contributed by atoms with van der Waals surface area (Å²) in [6.45, 7) is 4.51. The lowest BCUT2D eigenvalue weighted by molar-refractivity contribution is -0.274. The van der Waals surface area contributed by atoms with Crippen LogP contribution in [0.15, 0.2) is 36.7 Å². The number of ether oxygens (including phenoxy) is 1. The fourth-order valence-corrected chi connectivity index (χ4v) is 1.76. The van der Waals surface area contributed by atoms with Crippen molar-refractivity contribution in [3.8, 4) is 5.75 Å². The molecule has 0 saturated carbocycles. The first-order valence-corrected chi connectivity index (χ1v) is 6.46. The highest BCUT2D eigenvalue weighted by Gasteiger charge is 2.31. The van der Waals surface area contributed by atoms with Crippen molar-refractivity contribution in [1.29, 1.82) is 0 Å². The predicted octanol–water partition coefficient (Wildman–Crippen LogP) is 3.97. The lowest BCUT2D eigenvalue weighted by atomic mass is 10.3. The molecule has 114 valence electrons. The highest BCUT2D eigenvalue weighted by molar-refractivity contribution is 5.48. The number of hydrogen-bond acceptors (Lipinski definition) is 3. The van der Waals surface area contributed by atoms with Gasteiger partial charge in [-0.25, -0.2) is 0 Å². The summed E-state index contributed by atoms with van der Waals surface area (Å²) in [5, 5.41) is 7.24. The van der Waals surface area contributed by atoms with Crippen LogP contribution in [-0.4, -0.2) is 16.1 Å². The fraction of sp³-hybridized carbons (Fsp3) is 0.357. The zero-order valence-electron chi connectivity index (χ0n) is 11.7. The lowest BCUT2D eigenvalue weighted by Crippen LogP contribution is -2.17. The summed E-state index contributed by atoms with van der Waals surface area (Å²) in [6.07, 6.45) is -1.06. The van der Waals surface area contributed by atoms with Crippen LogP contribution in [0.2, 0.25) is 0 Å². The SMILES string of the molecule is CC(C)n1cc(CNc2cccc(OC(F)(F)F)c2)cn1. The molecule has 0 aliphatic rings. The maximum Gasteiger partial charge on any atom is 0.573 e. The van der Waals surface area contributed by atoms with Gasteiger partial charge in [-0.05, 0) is 26.0 Å². The number of anilines is 1. The minimum absolute atomic E-state index is 0.245. The zero-order valence-corrected chi connectivity index (χ0v) is 11.7. The number of benzene rings is 1. The number of nitrogens with zero attached hydrogens (tertiary/aromatic N) is 2. The normalized spacial score (nSPS) is 11.7. The highest BCUT2D eigenvalue weighted by Crippen LogP contribution is 2.25. The Morgan fingerprint density at radius 2 is 2.10 bits per heavy atom. The number of alkyl halides is 3. The minimum atomic E-state index is -4.68. The van der Waals surface area contributed by atoms with E-state index in [4.69, 9.17) is 0 Å². The van der Waals surface area contributed by atoms with Crippen LogP contribution in [0, 0.1) is 0 Å². The Morgan fingerprint density at radius 1 is 1.33 bits per heavy atom. The average molecular weight is 299 g/mol. The summed E-state index contributed by atoms with van der Waals surface area (Å²) in [6, 6.07) is 6.01. The van der Waals surface area contributed by atoms with Crippen LogP contribution in [0.1, 0.15) is 25.5 Å². The van der Waals surface area contributed by atoms with Crippen LogP contribution < -0.4 is 10.1 Å². The van der Waals surface area contributed by atoms with Gasteiger partial charge in [-0.1, -0.05) is 6.07 Å². The molecule has 0 atom stereocenters. The Bertz CT molecular complexity index is 593. The van der Waals surface area contributed by atoms with Crippen LogP contribution >= 0.6 is 0 Å². The maximum absolute atomic E-state index is 12.1. The summed E-state index contributed by atoms with van der Waals surface area (Å²) in [4.78, 5) is 0. The van der Waals surface area contributed by atoms with Crippen LogP contribution in [0.5, 0.6) is 5.75 Å². The molecule has 0 fully saturated rings. The largest absolute Gasteiger partial charge is 0.573 e. The second-order valence-electron chi connectivity index (χ2n) is 4.85. The van der Waals surface area contributed by atoms with Crippen molar-refractivity contribution in [2.24, 2.45) is 0 Å². The summed E-state index contributed by atoms with van der Waals surface area (Å²) in [5.41, 5.74) is 1.50. The van der Waals surface area contributed by atoms with Crippen molar-refractivity contribution in [3.63, 3.8) is 0 Å². The van der Waals surface area contributed by atoms with Gasteiger partial charge in [0.15, 0.2) is 0 Å². The molecule has 7 heteroatoms. The Labute approximate surface area is 120 Å². The van der Waals surface area contributed by atoms with E-state index in [0.29, 0.717) is 12.2 Å². The van der Waals surface area contributed by atoms with Crippen molar-refractivity contribution in [3.05, 3.63) is 42.2 Å². The number of nitrogens with one attached hydrogen (secondary N) is 1. The van der Waals surface area contributed by atoms with Gasteiger partial charge in [0.1, 0.15) is 5.75 Å². The first-order chi connectivity index (χ1) is 9.83. The van der Waals surface area contributed by atoms with E-state index >= 15 is 0 Å². The van der Waals surface area contributed by atoms with Gasteiger partial charge in [0.2, 0.25) is 0 Å². The Kier molecular flexibility index (Phi) is 4.40. The van der Waals surface area contributed by atoms with E-state index in [2.05, 4.69) is 15.2 Å². The van der Waals surface area contributed by atoms with Gasteiger partial charge < -0.3 is 10.1 Å². The molecule has 1 aromatic carbocycles. The number of aromatic nitrogens is 2. The molecule has 21 heavy (non-hydrogen) atoms. The molecule has 0 spiro atoms. The van der Waals surface area contributed by atoms with E-state index in [1.54, 1.807) is 12.3 Å². The molecular weight excluding hydrogens is 283 g/mol. The van der Waals surface area contributed by atoms with Crippen molar-refractivity contribution in [2.45, 2.75) is 32.8 Å². The monoisotopic (exact) mass is 299 g/mol. The summed E-state index contributed by atoms with van der Waals surface area (Å²) in [5.74, 6) is -0.245. The second-order valence-corrected chi connectivity index (χ2v) is 4.85. The molecule has 0 radical (unpaired) electrons. The molecule has 0 unspecified atom stereocenters. The van der Waals surface area contributed by atoms with E-state index in [1.807, 2.05) is 24.7 Å². The van der Waals surface area contributed by atoms with E-state index < -0.39 is 6.36 Å². The van der Waals surface area contributed by atoms with Crippen LogP contribution in [0.4, 0.5) is 18.9 Å². The minimum Gasteiger partial charge on any atom is -0.406 e. The van der Waals surface area contributed by atoms with Crippen molar-refractivity contribution >= 4 is 5.69 Å². The number of rotatable bonds is 5. The smallest absolute Gasteiger partial charge is 0.406 e. The molecule has 2 aromatic rings. The van der Waals surface area contributed by atoms with Crippen molar-refractivity contribution < 1.29 is 17.9 Å². The summed E-state index contributed by atoms with van der Waals surface area (Å²) >= 11 is 0. The highest BCUT2D eigenvalue weighted by atomic mass is 19.4. The van der Waals surface area contributed by atoms with Gasteiger partial charge >= 0.3 is 6.36 Å². The van der Waals surface area contributed by atoms with Gasteiger partial charge in [0, 0.05) is 36.1 Å². The van der Waals surface area contributed by atoms with E-state index in [1.165, 1.54) is 18.2 Å². The Morgan fingerprint density at radius 3 is 2.71 bits per heavy atom. The molecule has 0 aliphatic carbocycles. The third kappa shape index (κ3) is 4.70. The maximum atomic E-state index is 12.1. The summed E-state index contributed by atoms with van der Waals surface area (Å²) in [7, 11) is 0. The third-order valence-corrected chi connectivity index (χ3v) is 2.75. The van der Waals surface area contributed by atoms with Gasteiger partial charge in [-0.15, -0.1) is 13.2 Å². The van der Waals surface area contributed by atoms with E-state index in [-0.39, 0.29) is 11.8 Å². The van der Waals surface area contributed by atoms with E-state index in [0.717, 1.165) is 5.56 Å². The van der Waals surface area contributed by atoms with Crippen LogP contribution in [0.3, 0.4) is 0 Å². The third-order valence-electron chi connectivity index (χ3n) is 2.75. The van der Waals surface area contributed by atoms with Crippen molar-refractivity contribution in [1.82, 2.24) is 9.78 Å². The molecule has 2 rings (SSSR count). The van der Waals surface area contributed by atoms with Gasteiger partial charge in [0.05, 0.1) is 6.20 Å². The topological polar surface area (TPSA) is 39.1 Å². The van der Waals surface area contributed by atoms with Crippen molar-refractivity contribution in [2.75, 3.05) is 5.32 Å². The Balaban J connectivity index is 1.98. The molecular formula is C14H16F3N3O. The first kappa shape index (κ1) is 15.2. The molecule has 4 nitrogen and oxygen atoms in total. The van der Waals surface area contributed by atoms with Gasteiger partial charge in [-0.3, -0.25) is 4.68 Å². The first-order valence-electron chi connectivity index (χ1n) is 6.46. The predicted molar refractivity (Wildman–Crippen MR) is 73.1 cm³/mol. The van der Waals surface area contributed by atoms with Crippen LogP contribution in [-0.2, 0) is 6.54 Å². The average Bonchev–Trinajstić information content (AvgIpc) is 2.83. The molecule has 0 saturated heterocycles. The number of halogens is 3. The van der Waals surface area contributed by atoms with Gasteiger partial charge in [-0.2, -0.15) is 5.10 Å². The zero-order chi connectivity index (χ0) is 15.5. The molecule has 0 aliphatic heterocycles. The van der Waals surface area contributed by atoms with Gasteiger partial charge in [0.25, 0.3) is 0 Å². The quantitative estimate of drug-likeness (QED) is 0.908. The van der Waals surface area contributed by atoms with E-state index in [9.17, 15) is 13.2 Å². The molecule has 1 aromatic heterocycles. The summed E-state index contributed by atoms with van der Waals surface area (Å²) < 4.78 is 42.1. The molecule has 1 N–H and O–H groups in total. The lowest BCUT2D eigenvalue weighted by Gasteiger charge is -2.11.